The fourth-order valence-corrected chi connectivity index (χ4v) is 4.14. The summed E-state index contributed by atoms with van der Waals surface area (Å²) >= 11 is 0. The maximum atomic E-state index is 12.0. The highest BCUT2D eigenvalue weighted by Gasteiger charge is 2.32. The third-order valence-electron chi connectivity index (χ3n) is 3.75. The second-order valence-corrected chi connectivity index (χ2v) is 7.48. The first-order chi connectivity index (χ1) is 10.0. The van der Waals surface area contributed by atoms with Crippen LogP contribution in [0.2, 0.25) is 0 Å². The standard InChI is InChI=1S/C15H24N2O3S/c1-3-16-21(18,19)15-8-9-17(11-15)10-13-4-6-14(7-5-13)12-20-2/h4-7,15-16H,3,8-12H2,1-2H3. The van der Waals surface area contributed by atoms with E-state index in [0.717, 1.165) is 18.7 Å². The van der Waals surface area contributed by atoms with Gasteiger partial charge in [0.15, 0.2) is 0 Å². The summed E-state index contributed by atoms with van der Waals surface area (Å²) in [5, 5.41) is -0.287. The average molecular weight is 312 g/mol. The molecule has 21 heavy (non-hydrogen) atoms. The predicted molar refractivity (Wildman–Crippen MR) is 83.4 cm³/mol. The molecule has 0 radical (unpaired) electrons. The van der Waals surface area contributed by atoms with Crippen LogP contribution in [0.1, 0.15) is 24.5 Å². The zero-order valence-corrected chi connectivity index (χ0v) is 13.5. The van der Waals surface area contributed by atoms with E-state index < -0.39 is 10.0 Å². The van der Waals surface area contributed by atoms with Gasteiger partial charge in [0, 0.05) is 26.7 Å². The van der Waals surface area contributed by atoms with Crippen molar-refractivity contribution in [1.82, 2.24) is 9.62 Å². The maximum Gasteiger partial charge on any atom is 0.215 e. The first-order valence-corrected chi connectivity index (χ1v) is 8.87. The van der Waals surface area contributed by atoms with Crippen molar-refractivity contribution in [1.29, 1.82) is 0 Å². The van der Waals surface area contributed by atoms with Crippen LogP contribution in [-0.4, -0.2) is 45.3 Å². The Balaban J connectivity index is 1.90. The molecule has 1 heterocycles. The van der Waals surface area contributed by atoms with Crippen molar-refractivity contribution in [2.24, 2.45) is 0 Å². The monoisotopic (exact) mass is 312 g/mol. The predicted octanol–water partition coefficient (Wildman–Crippen LogP) is 1.35. The van der Waals surface area contributed by atoms with E-state index in [1.807, 2.05) is 6.92 Å². The Morgan fingerprint density at radius 3 is 2.57 bits per heavy atom. The Hall–Kier alpha value is -0.950. The Kier molecular flexibility index (Phi) is 5.75. The smallest absolute Gasteiger partial charge is 0.215 e. The van der Waals surface area contributed by atoms with Crippen LogP contribution in [0.3, 0.4) is 0 Å². The first-order valence-electron chi connectivity index (χ1n) is 7.32. The Labute approximate surface area is 127 Å². The lowest BCUT2D eigenvalue weighted by Gasteiger charge is -2.16. The van der Waals surface area contributed by atoms with E-state index in [2.05, 4.69) is 33.9 Å². The minimum Gasteiger partial charge on any atom is -0.380 e. The molecule has 6 heteroatoms. The van der Waals surface area contributed by atoms with Gasteiger partial charge in [0.25, 0.3) is 0 Å². The van der Waals surface area contributed by atoms with Crippen LogP contribution in [0.25, 0.3) is 0 Å². The third-order valence-corrected chi connectivity index (χ3v) is 5.71. The first kappa shape index (κ1) is 16.4. The van der Waals surface area contributed by atoms with E-state index in [9.17, 15) is 8.42 Å². The molecule has 1 aliphatic heterocycles. The molecule has 1 aliphatic rings. The van der Waals surface area contributed by atoms with Crippen LogP contribution in [0, 0.1) is 0 Å². The van der Waals surface area contributed by atoms with E-state index in [4.69, 9.17) is 4.74 Å². The van der Waals surface area contributed by atoms with Gasteiger partial charge in [-0.25, -0.2) is 13.1 Å². The zero-order valence-electron chi connectivity index (χ0n) is 12.7. The van der Waals surface area contributed by atoms with Crippen LogP contribution in [-0.2, 0) is 27.9 Å². The summed E-state index contributed by atoms with van der Waals surface area (Å²) in [6.45, 7) is 5.12. The highest BCUT2D eigenvalue weighted by molar-refractivity contribution is 7.90. The minimum atomic E-state index is -3.16. The molecule has 1 aromatic rings. The minimum absolute atomic E-state index is 0.287. The van der Waals surface area contributed by atoms with E-state index in [0.29, 0.717) is 26.1 Å². The van der Waals surface area contributed by atoms with Crippen molar-refractivity contribution in [3.05, 3.63) is 35.4 Å². The van der Waals surface area contributed by atoms with Gasteiger partial charge >= 0.3 is 0 Å². The maximum absolute atomic E-state index is 12.0. The largest absolute Gasteiger partial charge is 0.380 e. The zero-order chi connectivity index (χ0) is 15.3. The summed E-state index contributed by atoms with van der Waals surface area (Å²) < 4.78 is 31.7. The SMILES string of the molecule is CCNS(=O)(=O)C1CCN(Cc2ccc(COC)cc2)C1. The average Bonchev–Trinajstić information content (AvgIpc) is 2.91. The number of sulfonamides is 1. The molecule has 0 aromatic heterocycles. The summed E-state index contributed by atoms with van der Waals surface area (Å²) in [6, 6.07) is 8.28. The van der Waals surface area contributed by atoms with Gasteiger partial charge in [-0.1, -0.05) is 31.2 Å². The molecule has 1 unspecified atom stereocenters. The third kappa shape index (κ3) is 4.51. The van der Waals surface area contributed by atoms with E-state index in [1.165, 1.54) is 5.56 Å². The van der Waals surface area contributed by atoms with Gasteiger partial charge in [0.05, 0.1) is 11.9 Å². The molecule has 1 N–H and O–H groups in total. The second kappa shape index (κ2) is 7.35. The van der Waals surface area contributed by atoms with Crippen LogP contribution in [0.5, 0.6) is 0 Å². The summed E-state index contributed by atoms with van der Waals surface area (Å²) in [5.74, 6) is 0. The fraction of sp³-hybridized carbons (Fsp3) is 0.600. The second-order valence-electron chi connectivity index (χ2n) is 5.44. The Morgan fingerprint density at radius 2 is 1.95 bits per heavy atom. The molecule has 5 nitrogen and oxygen atoms in total. The van der Waals surface area contributed by atoms with E-state index in [1.54, 1.807) is 7.11 Å². The lowest BCUT2D eigenvalue weighted by molar-refractivity contribution is 0.185. The van der Waals surface area contributed by atoms with Gasteiger partial charge in [-0.3, -0.25) is 4.90 Å². The molecule has 1 aromatic carbocycles. The van der Waals surface area contributed by atoms with Crippen LogP contribution in [0.15, 0.2) is 24.3 Å². The van der Waals surface area contributed by atoms with Gasteiger partial charge in [0.2, 0.25) is 10.0 Å². The summed E-state index contributed by atoms with van der Waals surface area (Å²) in [6.07, 6.45) is 0.705. The molecule has 118 valence electrons. The lowest BCUT2D eigenvalue weighted by atomic mass is 10.1. The van der Waals surface area contributed by atoms with Crippen LogP contribution in [0.4, 0.5) is 0 Å². The summed E-state index contributed by atoms with van der Waals surface area (Å²) in [7, 11) is -1.47. The molecule has 1 saturated heterocycles. The van der Waals surface area contributed by atoms with Crippen molar-refractivity contribution in [2.45, 2.75) is 31.7 Å². The molecule has 0 bridgehead atoms. The number of benzene rings is 1. The summed E-state index contributed by atoms with van der Waals surface area (Å²) in [4.78, 5) is 2.20. The molecule has 1 atom stereocenters. The molecule has 0 saturated carbocycles. The number of methoxy groups -OCH3 is 1. The van der Waals surface area contributed by atoms with Crippen molar-refractivity contribution in [3.63, 3.8) is 0 Å². The number of likely N-dealkylation sites (tertiary alicyclic amines) is 1. The van der Waals surface area contributed by atoms with Gasteiger partial charge < -0.3 is 4.74 Å². The van der Waals surface area contributed by atoms with E-state index in [-0.39, 0.29) is 5.25 Å². The van der Waals surface area contributed by atoms with Crippen LogP contribution < -0.4 is 4.72 Å². The quantitative estimate of drug-likeness (QED) is 0.825. The fourth-order valence-electron chi connectivity index (χ4n) is 2.68. The van der Waals surface area contributed by atoms with Crippen molar-refractivity contribution in [2.75, 3.05) is 26.7 Å². The van der Waals surface area contributed by atoms with Crippen molar-refractivity contribution in [3.8, 4) is 0 Å². The number of rotatable bonds is 7. The molecule has 0 aliphatic carbocycles. The van der Waals surface area contributed by atoms with Gasteiger partial charge in [-0.05, 0) is 24.1 Å². The summed E-state index contributed by atoms with van der Waals surface area (Å²) in [5.41, 5.74) is 2.35. The Bertz CT molecular complexity index is 543. The van der Waals surface area contributed by atoms with Gasteiger partial charge in [-0.15, -0.1) is 0 Å². The molecule has 2 rings (SSSR count). The molecular formula is C15H24N2O3S. The van der Waals surface area contributed by atoms with Crippen molar-refractivity contribution < 1.29 is 13.2 Å². The number of hydrogen-bond donors (Lipinski definition) is 1. The van der Waals surface area contributed by atoms with E-state index >= 15 is 0 Å². The number of hydrogen-bond acceptors (Lipinski definition) is 4. The number of ether oxygens (including phenoxy) is 1. The number of nitrogens with zero attached hydrogens (tertiary/aromatic N) is 1. The highest BCUT2D eigenvalue weighted by atomic mass is 32.2. The van der Waals surface area contributed by atoms with Crippen molar-refractivity contribution >= 4 is 10.0 Å². The molecular weight excluding hydrogens is 288 g/mol. The lowest BCUT2D eigenvalue weighted by Crippen LogP contribution is -2.36. The van der Waals surface area contributed by atoms with Crippen LogP contribution >= 0.6 is 0 Å². The topological polar surface area (TPSA) is 58.6 Å². The highest BCUT2D eigenvalue weighted by Crippen LogP contribution is 2.19. The van der Waals surface area contributed by atoms with Gasteiger partial charge in [0.1, 0.15) is 0 Å². The normalized spacial score (nSPS) is 20.0. The molecule has 0 spiro atoms. The van der Waals surface area contributed by atoms with Gasteiger partial charge in [-0.2, -0.15) is 0 Å². The molecule has 0 amide bonds. The molecule has 1 fully saturated rings. The number of nitrogens with one attached hydrogen (secondary N) is 1. The Morgan fingerprint density at radius 1 is 1.29 bits per heavy atom.